The van der Waals surface area contributed by atoms with Gasteiger partial charge in [0.2, 0.25) is 0 Å². The van der Waals surface area contributed by atoms with Crippen molar-refractivity contribution >= 4 is 6.29 Å². The highest BCUT2D eigenvalue weighted by Gasteiger charge is 2.00. The third-order valence-electron chi connectivity index (χ3n) is 1.24. The molecule has 0 bridgehead atoms. The van der Waals surface area contributed by atoms with Crippen molar-refractivity contribution in [2.24, 2.45) is 5.73 Å². The van der Waals surface area contributed by atoms with Crippen LogP contribution in [-0.2, 0) is 4.79 Å². The molecule has 0 spiro atoms. The van der Waals surface area contributed by atoms with Gasteiger partial charge in [0.25, 0.3) is 0 Å². The number of carbonyl (C=O) groups is 1. The molecule has 0 aromatic carbocycles. The van der Waals surface area contributed by atoms with Gasteiger partial charge in [0, 0.05) is 12.4 Å². The van der Waals surface area contributed by atoms with Gasteiger partial charge < -0.3 is 10.5 Å². The lowest BCUT2D eigenvalue weighted by Gasteiger charge is -2.00. The molecule has 0 aliphatic carbocycles. The van der Waals surface area contributed by atoms with E-state index in [2.05, 4.69) is 4.98 Å². The van der Waals surface area contributed by atoms with Crippen molar-refractivity contribution in [2.75, 3.05) is 0 Å². The Morgan fingerprint density at radius 2 is 2.10 bits per heavy atom. The van der Waals surface area contributed by atoms with Crippen LogP contribution in [0.5, 0.6) is 0 Å². The van der Waals surface area contributed by atoms with Crippen molar-refractivity contribution in [3.63, 3.8) is 0 Å². The largest absolute Gasteiger partial charge is 0.318 e. The summed E-state index contributed by atoms with van der Waals surface area (Å²) in [7, 11) is 0. The number of aldehydes is 1. The first-order chi connectivity index (χ1) is 4.84. The number of aromatic nitrogens is 1. The Morgan fingerprint density at radius 3 is 2.60 bits per heavy atom. The van der Waals surface area contributed by atoms with Crippen molar-refractivity contribution in [2.45, 2.75) is 6.04 Å². The molecule has 1 heterocycles. The van der Waals surface area contributed by atoms with Crippen LogP contribution in [0.1, 0.15) is 11.6 Å². The van der Waals surface area contributed by atoms with E-state index >= 15 is 0 Å². The molecule has 1 aromatic rings. The van der Waals surface area contributed by atoms with Crippen LogP contribution in [0.2, 0.25) is 0 Å². The Bertz CT molecular complexity index is 210. The molecule has 0 saturated heterocycles. The van der Waals surface area contributed by atoms with Crippen LogP contribution in [0.25, 0.3) is 0 Å². The zero-order valence-corrected chi connectivity index (χ0v) is 5.40. The fraction of sp³-hybridized carbons (Fsp3) is 0.143. The van der Waals surface area contributed by atoms with Crippen LogP contribution in [0.3, 0.4) is 0 Å². The molecule has 1 atom stereocenters. The van der Waals surface area contributed by atoms with Crippen LogP contribution >= 0.6 is 0 Å². The van der Waals surface area contributed by atoms with E-state index in [4.69, 9.17) is 5.73 Å². The predicted octanol–water partition coefficient (Wildman–Crippen LogP) is 0.280. The highest BCUT2D eigenvalue weighted by Crippen LogP contribution is 2.03. The van der Waals surface area contributed by atoms with Crippen molar-refractivity contribution in [3.8, 4) is 0 Å². The molecule has 0 amide bonds. The van der Waals surface area contributed by atoms with Gasteiger partial charge in [0.15, 0.2) is 0 Å². The number of hydrogen-bond acceptors (Lipinski definition) is 3. The lowest BCUT2D eigenvalue weighted by Crippen LogP contribution is -2.10. The van der Waals surface area contributed by atoms with Gasteiger partial charge in [-0.3, -0.25) is 4.98 Å². The molecular formula is C7H8N2O. The Hall–Kier alpha value is -1.22. The smallest absolute Gasteiger partial charge is 0.141 e. The fourth-order valence-corrected chi connectivity index (χ4v) is 0.664. The summed E-state index contributed by atoms with van der Waals surface area (Å²) in [5.74, 6) is 0. The molecule has 3 nitrogen and oxygen atoms in total. The second-order valence-electron chi connectivity index (χ2n) is 1.94. The maximum atomic E-state index is 10.2. The van der Waals surface area contributed by atoms with E-state index in [0.29, 0.717) is 6.29 Å². The van der Waals surface area contributed by atoms with E-state index in [-0.39, 0.29) is 0 Å². The maximum absolute atomic E-state index is 10.2. The zero-order chi connectivity index (χ0) is 7.40. The number of pyridine rings is 1. The molecule has 3 heteroatoms. The number of hydrogen-bond donors (Lipinski definition) is 1. The molecule has 1 aromatic heterocycles. The van der Waals surface area contributed by atoms with E-state index in [1.807, 2.05) is 0 Å². The van der Waals surface area contributed by atoms with Gasteiger partial charge in [-0.05, 0) is 17.7 Å². The number of carbonyl (C=O) groups excluding carboxylic acids is 1. The molecule has 0 saturated carbocycles. The summed E-state index contributed by atoms with van der Waals surface area (Å²) in [5, 5.41) is 0. The normalized spacial score (nSPS) is 12.5. The summed E-state index contributed by atoms with van der Waals surface area (Å²) in [6.45, 7) is 0. The van der Waals surface area contributed by atoms with Gasteiger partial charge >= 0.3 is 0 Å². The fourth-order valence-electron chi connectivity index (χ4n) is 0.664. The average Bonchev–Trinajstić information content (AvgIpc) is 2.05. The minimum atomic E-state index is -0.511. The molecule has 0 aliphatic heterocycles. The highest BCUT2D eigenvalue weighted by atomic mass is 16.1. The summed E-state index contributed by atoms with van der Waals surface area (Å²) in [6, 6.07) is 2.93. The number of nitrogens with two attached hydrogens (primary N) is 1. The first kappa shape index (κ1) is 6.89. The van der Waals surface area contributed by atoms with E-state index in [1.54, 1.807) is 24.5 Å². The minimum absolute atomic E-state index is 0.511. The number of nitrogens with zero attached hydrogens (tertiary/aromatic N) is 1. The summed E-state index contributed by atoms with van der Waals surface area (Å²) in [6.07, 6.45) is 3.92. The third kappa shape index (κ3) is 1.39. The van der Waals surface area contributed by atoms with Gasteiger partial charge in [0.05, 0.1) is 6.04 Å². The Balaban J connectivity index is 2.84. The van der Waals surface area contributed by atoms with Crippen molar-refractivity contribution in [3.05, 3.63) is 30.1 Å². The van der Waals surface area contributed by atoms with Crippen LogP contribution in [0, 0.1) is 0 Å². The molecule has 0 fully saturated rings. The van der Waals surface area contributed by atoms with Gasteiger partial charge in [-0.2, -0.15) is 0 Å². The SMILES string of the molecule is NC(C=O)c1ccncc1. The highest BCUT2D eigenvalue weighted by molar-refractivity contribution is 5.60. The lowest BCUT2D eigenvalue weighted by atomic mass is 10.1. The van der Waals surface area contributed by atoms with Gasteiger partial charge in [0.1, 0.15) is 6.29 Å². The topological polar surface area (TPSA) is 56.0 Å². The molecule has 0 aliphatic rings. The van der Waals surface area contributed by atoms with Crippen LogP contribution in [0.15, 0.2) is 24.5 Å². The maximum Gasteiger partial charge on any atom is 0.141 e. The predicted molar refractivity (Wildman–Crippen MR) is 37.2 cm³/mol. The Kier molecular flexibility index (Phi) is 2.12. The Morgan fingerprint density at radius 1 is 1.50 bits per heavy atom. The second-order valence-corrected chi connectivity index (χ2v) is 1.94. The second kappa shape index (κ2) is 3.08. The standard InChI is InChI=1S/C7H8N2O/c8-7(5-10)6-1-3-9-4-2-6/h1-5,7H,8H2. The van der Waals surface area contributed by atoms with E-state index in [0.717, 1.165) is 5.56 Å². The molecular weight excluding hydrogens is 128 g/mol. The van der Waals surface area contributed by atoms with E-state index < -0.39 is 6.04 Å². The summed E-state index contributed by atoms with van der Waals surface area (Å²) in [5.41, 5.74) is 6.19. The van der Waals surface area contributed by atoms with Gasteiger partial charge in [-0.15, -0.1) is 0 Å². The monoisotopic (exact) mass is 136 g/mol. The first-order valence-corrected chi connectivity index (χ1v) is 2.95. The van der Waals surface area contributed by atoms with Crippen LogP contribution in [0.4, 0.5) is 0 Å². The Labute approximate surface area is 58.9 Å². The van der Waals surface area contributed by atoms with Crippen LogP contribution in [-0.4, -0.2) is 11.3 Å². The first-order valence-electron chi connectivity index (χ1n) is 2.95. The molecule has 1 rings (SSSR count). The van der Waals surface area contributed by atoms with E-state index in [1.165, 1.54) is 0 Å². The molecule has 1 unspecified atom stereocenters. The van der Waals surface area contributed by atoms with Gasteiger partial charge in [-0.25, -0.2) is 0 Å². The third-order valence-corrected chi connectivity index (χ3v) is 1.24. The molecule has 0 radical (unpaired) electrons. The van der Waals surface area contributed by atoms with Crippen molar-refractivity contribution < 1.29 is 4.79 Å². The quantitative estimate of drug-likeness (QED) is 0.594. The summed E-state index contributed by atoms with van der Waals surface area (Å²) >= 11 is 0. The van der Waals surface area contributed by atoms with Crippen molar-refractivity contribution in [1.29, 1.82) is 0 Å². The zero-order valence-electron chi connectivity index (χ0n) is 5.40. The summed E-state index contributed by atoms with van der Waals surface area (Å²) < 4.78 is 0. The van der Waals surface area contributed by atoms with Crippen LogP contribution < -0.4 is 5.73 Å². The molecule has 10 heavy (non-hydrogen) atoms. The van der Waals surface area contributed by atoms with Gasteiger partial charge in [-0.1, -0.05) is 0 Å². The molecule has 2 N–H and O–H groups in total. The molecule has 52 valence electrons. The minimum Gasteiger partial charge on any atom is -0.318 e. The lowest BCUT2D eigenvalue weighted by molar-refractivity contribution is -0.109. The average molecular weight is 136 g/mol. The van der Waals surface area contributed by atoms with Crippen molar-refractivity contribution in [1.82, 2.24) is 4.98 Å². The summed E-state index contributed by atoms with van der Waals surface area (Å²) in [4.78, 5) is 14.0. The number of rotatable bonds is 2. The van der Waals surface area contributed by atoms with E-state index in [9.17, 15) is 4.79 Å².